The number of rotatable bonds is 37. The first kappa shape index (κ1) is 43.9. The molecule has 0 aromatic rings. The van der Waals surface area contributed by atoms with Gasteiger partial charge in [-0.3, -0.25) is 9.59 Å². The molecule has 0 saturated heterocycles. The second-order valence-electron chi connectivity index (χ2n) is 13.7. The van der Waals surface area contributed by atoms with Gasteiger partial charge in [-0.1, -0.05) is 200 Å². The monoisotopic (exact) mass is 639 g/mol. The summed E-state index contributed by atoms with van der Waals surface area (Å²) in [5.74, 6) is -0.577. The highest BCUT2D eigenvalue weighted by molar-refractivity contribution is 5.70. The van der Waals surface area contributed by atoms with Gasteiger partial charge in [0, 0.05) is 12.8 Å². The maximum atomic E-state index is 12.2. The standard InChI is InChI=1S/C40H78O5/c1-3-5-7-9-11-13-15-16-17-18-19-20-21-22-23-25-27-29-31-33-35-40(43)45-38(36-41)37-44-39(42)34-32-30-28-26-24-14-12-10-8-6-4-2/h38,41H,3-37H2,1-2H3/t38-/m0/s1. The molecular formula is C40H78O5. The van der Waals surface area contributed by atoms with Crippen LogP contribution in [0.5, 0.6) is 0 Å². The first-order chi connectivity index (χ1) is 22.1. The van der Waals surface area contributed by atoms with Crippen LogP contribution in [-0.2, 0) is 19.1 Å². The minimum Gasteiger partial charge on any atom is -0.462 e. The Morgan fingerprint density at radius 1 is 0.422 bits per heavy atom. The average molecular weight is 639 g/mol. The summed E-state index contributed by atoms with van der Waals surface area (Å²) in [7, 11) is 0. The molecule has 1 atom stereocenters. The lowest BCUT2D eigenvalue weighted by atomic mass is 10.0. The zero-order chi connectivity index (χ0) is 32.9. The fraction of sp³-hybridized carbons (Fsp3) is 0.950. The van der Waals surface area contributed by atoms with E-state index in [-0.39, 0.29) is 25.2 Å². The van der Waals surface area contributed by atoms with Gasteiger partial charge < -0.3 is 14.6 Å². The Balaban J connectivity index is 3.46. The quantitative estimate of drug-likeness (QED) is 0.0541. The van der Waals surface area contributed by atoms with E-state index >= 15 is 0 Å². The van der Waals surface area contributed by atoms with Gasteiger partial charge in [0.15, 0.2) is 6.10 Å². The van der Waals surface area contributed by atoms with Gasteiger partial charge in [0.05, 0.1) is 6.61 Å². The summed E-state index contributed by atoms with van der Waals surface area (Å²) in [4.78, 5) is 24.2. The molecule has 1 N–H and O–H groups in total. The summed E-state index contributed by atoms with van der Waals surface area (Å²) < 4.78 is 10.6. The maximum absolute atomic E-state index is 12.2. The Bertz CT molecular complexity index is 607. The molecule has 0 aliphatic rings. The van der Waals surface area contributed by atoms with Gasteiger partial charge in [-0.25, -0.2) is 0 Å². The van der Waals surface area contributed by atoms with E-state index in [1.165, 1.54) is 167 Å². The van der Waals surface area contributed by atoms with Crippen LogP contribution < -0.4 is 0 Å². The molecule has 0 spiro atoms. The van der Waals surface area contributed by atoms with Gasteiger partial charge in [0.1, 0.15) is 6.61 Å². The van der Waals surface area contributed by atoms with Crippen LogP contribution in [0, 0.1) is 0 Å². The molecule has 0 fully saturated rings. The van der Waals surface area contributed by atoms with E-state index in [1.54, 1.807) is 0 Å². The summed E-state index contributed by atoms with van der Waals surface area (Å²) in [6.45, 7) is 4.15. The van der Waals surface area contributed by atoms with Gasteiger partial charge in [0.25, 0.3) is 0 Å². The molecule has 268 valence electrons. The van der Waals surface area contributed by atoms with Crippen LogP contribution in [-0.4, -0.2) is 36.4 Å². The van der Waals surface area contributed by atoms with Crippen molar-refractivity contribution in [1.29, 1.82) is 0 Å². The fourth-order valence-corrected chi connectivity index (χ4v) is 6.08. The van der Waals surface area contributed by atoms with E-state index in [2.05, 4.69) is 13.8 Å². The summed E-state index contributed by atoms with van der Waals surface area (Å²) in [5, 5.41) is 9.54. The molecule has 0 aromatic heterocycles. The molecule has 0 bridgehead atoms. The van der Waals surface area contributed by atoms with Crippen LogP contribution >= 0.6 is 0 Å². The van der Waals surface area contributed by atoms with Gasteiger partial charge >= 0.3 is 11.9 Å². The van der Waals surface area contributed by atoms with Gasteiger partial charge in [-0.05, 0) is 12.8 Å². The maximum Gasteiger partial charge on any atom is 0.306 e. The first-order valence-electron chi connectivity index (χ1n) is 20.1. The zero-order valence-corrected chi connectivity index (χ0v) is 30.4. The molecule has 0 saturated carbocycles. The van der Waals surface area contributed by atoms with Crippen LogP contribution in [0.4, 0.5) is 0 Å². The van der Waals surface area contributed by atoms with Crippen molar-refractivity contribution in [2.45, 2.75) is 232 Å². The second kappa shape index (κ2) is 37.4. The third kappa shape index (κ3) is 35.6. The van der Waals surface area contributed by atoms with Crippen molar-refractivity contribution in [3.8, 4) is 0 Å². The molecule has 0 aliphatic carbocycles. The topological polar surface area (TPSA) is 72.8 Å². The third-order valence-electron chi connectivity index (χ3n) is 9.15. The lowest BCUT2D eigenvalue weighted by Gasteiger charge is -2.15. The predicted molar refractivity (Wildman–Crippen MR) is 192 cm³/mol. The molecule has 0 radical (unpaired) electrons. The number of ether oxygens (including phenoxy) is 2. The number of hydrogen-bond acceptors (Lipinski definition) is 5. The van der Waals surface area contributed by atoms with Crippen LogP contribution in [0.15, 0.2) is 0 Å². The minimum atomic E-state index is -0.760. The Morgan fingerprint density at radius 3 is 0.978 bits per heavy atom. The largest absolute Gasteiger partial charge is 0.462 e. The van der Waals surface area contributed by atoms with Crippen molar-refractivity contribution in [2.24, 2.45) is 0 Å². The zero-order valence-electron chi connectivity index (χ0n) is 30.4. The Morgan fingerprint density at radius 2 is 0.689 bits per heavy atom. The van der Waals surface area contributed by atoms with Crippen LogP contribution in [0.3, 0.4) is 0 Å². The SMILES string of the molecule is CCCCCCCCCCCCCCCCCCCCCCC(=O)O[C@@H](CO)COC(=O)CCCCCCCCCCCCC. The predicted octanol–water partition coefficient (Wildman–Crippen LogP) is 12.3. The molecule has 5 nitrogen and oxygen atoms in total. The summed E-state index contributed by atoms with van der Waals surface area (Å²) >= 11 is 0. The molecule has 0 unspecified atom stereocenters. The van der Waals surface area contributed by atoms with Crippen molar-refractivity contribution in [3.63, 3.8) is 0 Å². The highest BCUT2D eigenvalue weighted by Crippen LogP contribution is 2.16. The normalized spacial score (nSPS) is 12.0. The van der Waals surface area contributed by atoms with Crippen LogP contribution in [0.2, 0.25) is 0 Å². The third-order valence-corrected chi connectivity index (χ3v) is 9.15. The van der Waals surface area contributed by atoms with E-state index in [0.29, 0.717) is 12.8 Å². The lowest BCUT2D eigenvalue weighted by molar-refractivity contribution is -0.161. The Hall–Kier alpha value is -1.10. The number of aliphatic hydroxyl groups is 1. The minimum absolute atomic E-state index is 0.0572. The van der Waals surface area contributed by atoms with E-state index < -0.39 is 6.10 Å². The molecule has 5 heteroatoms. The highest BCUT2D eigenvalue weighted by atomic mass is 16.6. The average Bonchev–Trinajstić information content (AvgIpc) is 3.04. The van der Waals surface area contributed by atoms with Crippen molar-refractivity contribution in [2.75, 3.05) is 13.2 Å². The van der Waals surface area contributed by atoms with E-state index in [0.717, 1.165) is 32.1 Å². The number of carbonyl (C=O) groups excluding carboxylic acids is 2. The number of aliphatic hydroxyl groups excluding tert-OH is 1. The fourth-order valence-electron chi connectivity index (χ4n) is 6.08. The smallest absolute Gasteiger partial charge is 0.306 e. The highest BCUT2D eigenvalue weighted by Gasteiger charge is 2.16. The first-order valence-corrected chi connectivity index (χ1v) is 20.1. The molecular weight excluding hydrogens is 560 g/mol. The number of hydrogen-bond donors (Lipinski definition) is 1. The summed E-state index contributed by atoms with van der Waals surface area (Å²) in [6, 6.07) is 0. The van der Waals surface area contributed by atoms with Crippen LogP contribution in [0.25, 0.3) is 0 Å². The van der Waals surface area contributed by atoms with Gasteiger partial charge in [-0.2, -0.15) is 0 Å². The van der Waals surface area contributed by atoms with Crippen molar-refractivity contribution >= 4 is 11.9 Å². The van der Waals surface area contributed by atoms with E-state index in [1.807, 2.05) is 0 Å². The number of unbranched alkanes of at least 4 members (excludes halogenated alkanes) is 29. The second-order valence-corrected chi connectivity index (χ2v) is 13.7. The van der Waals surface area contributed by atoms with E-state index in [9.17, 15) is 14.7 Å². The summed E-state index contributed by atoms with van der Waals surface area (Å²) in [5.41, 5.74) is 0. The number of esters is 2. The Kier molecular flexibility index (Phi) is 36.4. The van der Waals surface area contributed by atoms with E-state index in [4.69, 9.17) is 9.47 Å². The summed E-state index contributed by atoms with van der Waals surface area (Å²) in [6.07, 6.45) is 40.3. The molecule has 0 aromatic carbocycles. The van der Waals surface area contributed by atoms with Gasteiger partial charge in [-0.15, -0.1) is 0 Å². The Labute approximate surface area is 280 Å². The number of carbonyl (C=O) groups is 2. The molecule has 0 aliphatic heterocycles. The molecule has 0 amide bonds. The van der Waals surface area contributed by atoms with Gasteiger partial charge in [0.2, 0.25) is 0 Å². The van der Waals surface area contributed by atoms with Crippen molar-refractivity contribution < 1.29 is 24.2 Å². The molecule has 0 heterocycles. The molecule has 0 rings (SSSR count). The van der Waals surface area contributed by atoms with Crippen molar-refractivity contribution in [3.05, 3.63) is 0 Å². The van der Waals surface area contributed by atoms with Crippen molar-refractivity contribution in [1.82, 2.24) is 0 Å². The lowest BCUT2D eigenvalue weighted by Crippen LogP contribution is -2.28. The molecule has 45 heavy (non-hydrogen) atoms. The van der Waals surface area contributed by atoms with Crippen LogP contribution in [0.1, 0.15) is 226 Å².